The van der Waals surface area contributed by atoms with Crippen molar-refractivity contribution in [3.63, 3.8) is 0 Å². The average molecular weight is 541 g/mol. The van der Waals surface area contributed by atoms with Crippen LogP contribution in [0, 0.1) is 10.1 Å². The molecule has 0 amide bonds. The third kappa shape index (κ3) is 4.10. The number of piperidine rings is 1. The highest BCUT2D eigenvalue weighted by Gasteiger charge is 2.49. The topological polar surface area (TPSA) is 77.6 Å². The maximum atomic E-state index is 11.4. The fourth-order valence-electron chi connectivity index (χ4n) is 6.20. The van der Waals surface area contributed by atoms with Crippen molar-refractivity contribution < 1.29 is 4.92 Å². The number of likely N-dealkylation sites (N-methyl/N-ethyl adjacent to an activating group) is 1. The number of fused-ring (bicyclic) bond motifs is 1. The van der Waals surface area contributed by atoms with Gasteiger partial charge >= 0.3 is 0 Å². The molecule has 1 atom stereocenters. The SMILES string of the molecule is CN1/C(=C2\C=NN(c3ccccc3)[P@]2(=Nc2ccc([N+](=O)[O-])cc2)N2CCCCC2)C(C)(C)c2ccccc21. The zero-order valence-corrected chi connectivity index (χ0v) is 23.5. The van der Waals surface area contributed by atoms with Gasteiger partial charge in [0.25, 0.3) is 5.69 Å². The summed E-state index contributed by atoms with van der Waals surface area (Å²) in [6, 6.07) is 25.5. The van der Waals surface area contributed by atoms with E-state index < -0.39 is 7.36 Å². The largest absolute Gasteiger partial charge is 0.346 e. The molecule has 3 heterocycles. The van der Waals surface area contributed by atoms with E-state index in [2.05, 4.69) is 71.6 Å². The van der Waals surface area contributed by atoms with E-state index in [0.29, 0.717) is 0 Å². The number of para-hydroxylation sites is 2. The molecule has 39 heavy (non-hydrogen) atoms. The number of nitro groups is 1. The van der Waals surface area contributed by atoms with E-state index in [9.17, 15) is 10.1 Å². The summed E-state index contributed by atoms with van der Waals surface area (Å²) < 4.78 is 10.3. The predicted molar refractivity (Wildman–Crippen MR) is 160 cm³/mol. The third-order valence-electron chi connectivity index (χ3n) is 8.01. The van der Waals surface area contributed by atoms with E-state index in [4.69, 9.17) is 9.85 Å². The van der Waals surface area contributed by atoms with Crippen molar-refractivity contribution in [2.45, 2.75) is 38.5 Å². The maximum Gasteiger partial charge on any atom is 0.269 e. The van der Waals surface area contributed by atoms with Gasteiger partial charge in [0.2, 0.25) is 0 Å². The highest BCUT2D eigenvalue weighted by atomic mass is 31.2. The standard InChI is InChI=1S/C30H33N6O2P/c1-30(2)26-14-8-9-15-27(26)33(3)29(30)28-22-31-35(24-12-6-4-7-13-24)39(28,34-20-10-5-11-21-34)32-23-16-18-25(19-17-23)36(37)38/h4,6-9,12-19,22H,5,10-11,20-21H2,1-3H3/b29-28+/t39-/m1/s1. The van der Waals surface area contributed by atoms with Crippen LogP contribution in [0.5, 0.6) is 0 Å². The molecule has 3 aromatic rings. The van der Waals surface area contributed by atoms with Gasteiger partial charge in [-0.2, -0.15) is 5.10 Å². The predicted octanol–water partition coefficient (Wildman–Crippen LogP) is 7.89. The molecule has 0 saturated carbocycles. The molecule has 0 aliphatic carbocycles. The van der Waals surface area contributed by atoms with E-state index in [-0.39, 0.29) is 16.0 Å². The monoisotopic (exact) mass is 540 g/mol. The molecule has 200 valence electrons. The summed E-state index contributed by atoms with van der Waals surface area (Å²) in [5.41, 5.74) is 5.20. The first-order valence-corrected chi connectivity index (χ1v) is 15.1. The van der Waals surface area contributed by atoms with E-state index in [1.165, 1.54) is 23.4 Å². The zero-order valence-electron chi connectivity index (χ0n) is 22.6. The van der Waals surface area contributed by atoms with Crippen LogP contribution in [0.3, 0.4) is 0 Å². The van der Waals surface area contributed by atoms with Crippen molar-refractivity contribution in [2.24, 2.45) is 9.85 Å². The van der Waals surface area contributed by atoms with Crippen molar-refractivity contribution in [1.82, 2.24) is 4.67 Å². The maximum absolute atomic E-state index is 11.4. The van der Waals surface area contributed by atoms with Crippen molar-refractivity contribution in [3.05, 3.63) is 106 Å². The summed E-state index contributed by atoms with van der Waals surface area (Å²) in [4.78, 5) is 13.3. The first-order chi connectivity index (χ1) is 18.8. The Morgan fingerprint density at radius 1 is 0.923 bits per heavy atom. The second kappa shape index (κ2) is 9.78. The van der Waals surface area contributed by atoms with Crippen LogP contribution in [-0.2, 0) is 5.41 Å². The van der Waals surface area contributed by atoms with Crippen LogP contribution in [0.25, 0.3) is 0 Å². The van der Waals surface area contributed by atoms with Crippen molar-refractivity contribution in [2.75, 3.05) is 29.8 Å². The molecule has 0 radical (unpaired) electrons. The molecule has 3 aliphatic heterocycles. The van der Waals surface area contributed by atoms with Crippen molar-refractivity contribution in [3.8, 4) is 0 Å². The summed E-state index contributed by atoms with van der Waals surface area (Å²) in [5.74, 6) is 0. The number of hydrogen-bond acceptors (Lipinski definition) is 5. The molecule has 0 spiro atoms. The molecule has 3 aliphatic rings. The fourth-order valence-corrected chi connectivity index (χ4v) is 10.1. The van der Waals surface area contributed by atoms with Gasteiger partial charge in [0, 0.05) is 49.1 Å². The van der Waals surface area contributed by atoms with Crippen LogP contribution in [0.15, 0.2) is 99.7 Å². The molecule has 9 heteroatoms. The fraction of sp³-hybridized carbons (Fsp3) is 0.300. The van der Waals surface area contributed by atoms with Gasteiger partial charge in [0.05, 0.1) is 27.8 Å². The molecule has 8 nitrogen and oxygen atoms in total. The number of nitro benzene ring substituents is 1. The Morgan fingerprint density at radius 3 is 2.26 bits per heavy atom. The second-order valence-corrected chi connectivity index (χ2v) is 13.5. The molecule has 6 rings (SSSR count). The van der Waals surface area contributed by atoms with E-state index in [1.54, 1.807) is 24.3 Å². The molecular weight excluding hydrogens is 507 g/mol. The molecule has 0 aromatic heterocycles. The van der Waals surface area contributed by atoms with Crippen LogP contribution in [-0.4, -0.2) is 35.9 Å². The van der Waals surface area contributed by atoms with Gasteiger partial charge in [0.15, 0.2) is 7.36 Å². The molecule has 1 fully saturated rings. The second-order valence-electron chi connectivity index (χ2n) is 10.8. The zero-order chi connectivity index (χ0) is 27.2. The minimum atomic E-state index is -2.68. The minimum Gasteiger partial charge on any atom is -0.346 e. The average Bonchev–Trinajstić information content (AvgIpc) is 3.42. The number of hydrogen-bond donors (Lipinski definition) is 0. The van der Waals surface area contributed by atoms with Crippen molar-refractivity contribution >= 4 is 36.3 Å². The Balaban J connectivity index is 1.67. The van der Waals surface area contributed by atoms with Crippen LogP contribution < -0.4 is 9.68 Å². The highest BCUT2D eigenvalue weighted by Crippen LogP contribution is 2.71. The van der Waals surface area contributed by atoms with Crippen LogP contribution in [0.4, 0.5) is 22.7 Å². The molecule has 3 aromatic carbocycles. The smallest absolute Gasteiger partial charge is 0.269 e. The molecule has 1 saturated heterocycles. The van der Waals surface area contributed by atoms with Crippen molar-refractivity contribution in [1.29, 1.82) is 0 Å². The molecule has 0 N–H and O–H groups in total. The number of benzene rings is 3. The summed E-state index contributed by atoms with van der Waals surface area (Å²) in [7, 11) is -0.538. The first-order valence-electron chi connectivity index (χ1n) is 13.4. The summed E-state index contributed by atoms with van der Waals surface area (Å²) in [5, 5.41) is 17.6. The Kier molecular flexibility index (Phi) is 6.40. The lowest BCUT2D eigenvalue weighted by atomic mass is 9.84. The van der Waals surface area contributed by atoms with E-state index >= 15 is 0 Å². The van der Waals surface area contributed by atoms with E-state index in [1.807, 2.05) is 24.4 Å². The molecule has 0 bridgehead atoms. The Morgan fingerprint density at radius 2 is 1.59 bits per heavy atom. The van der Waals surface area contributed by atoms with Gasteiger partial charge in [-0.05, 0) is 48.7 Å². The summed E-state index contributed by atoms with van der Waals surface area (Å²) in [6.07, 6.45) is 5.43. The number of rotatable bonds is 4. The Labute approximate surface area is 229 Å². The third-order valence-corrected chi connectivity index (χ3v) is 11.5. The number of nitrogens with zero attached hydrogens (tertiary/aromatic N) is 6. The van der Waals surface area contributed by atoms with Gasteiger partial charge in [-0.1, -0.05) is 56.7 Å². The highest BCUT2D eigenvalue weighted by molar-refractivity contribution is 7.71. The normalized spacial score (nSPS) is 24.2. The lowest BCUT2D eigenvalue weighted by Gasteiger charge is -2.43. The first kappa shape index (κ1) is 25.5. The Bertz CT molecular complexity index is 1520. The number of hydrazone groups is 1. The van der Waals surface area contributed by atoms with E-state index in [0.717, 1.165) is 42.6 Å². The molecule has 0 unspecified atom stereocenters. The van der Waals surface area contributed by atoms with Gasteiger partial charge < -0.3 is 4.90 Å². The lowest BCUT2D eigenvalue weighted by Crippen LogP contribution is -2.34. The lowest BCUT2D eigenvalue weighted by molar-refractivity contribution is -0.384. The number of allylic oxidation sites excluding steroid dienone is 2. The van der Waals surface area contributed by atoms with Crippen LogP contribution in [0.2, 0.25) is 0 Å². The van der Waals surface area contributed by atoms with Crippen LogP contribution in [0.1, 0.15) is 38.7 Å². The molecular formula is C30H33N6O2P. The quantitative estimate of drug-likeness (QED) is 0.191. The van der Waals surface area contributed by atoms with Gasteiger partial charge in [-0.3, -0.25) is 10.1 Å². The number of non-ortho nitro benzene ring substituents is 1. The Hall–Kier alpha value is -3.74. The van der Waals surface area contributed by atoms with Gasteiger partial charge in [0.1, 0.15) is 0 Å². The minimum absolute atomic E-state index is 0.0626. The summed E-state index contributed by atoms with van der Waals surface area (Å²) >= 11 is 0. The van der Waals surface area contributed by atoms with Crippen LogP contribution >= 0.6 is 7.36 Å². The number of anilines is 2. The summed E-state index contributed by atoms with van der Waals surface area (Å²) in [6.45, 7) is 6.41. The van der Waals surface area contributed by atoms with Gasteiger partial charge in [-0.25, -0.2) is 14.2 Å². The van der Waals surface area contributed by atoms with Gasteiger partial charge in [-0.15, -0.1) is 0 Å².